The average molecular weight is 402 g/mol. The van der Waals surface area contributed by atoms with E-state index in [1.165, 1.54) is 12.1 Å². The minimum atomic E-state index is -0.265. The summed E-state index contributed by atoms with van der Waals surface area (Å²) < 4.78 is 20.9. The number of halogens is 1. The molecule has 30 heavy (non-hydrogen) atoms. The van der Waals surface area contributed by atoms with E-state index in [0.717, 1.165) is 27.8 Å². The molecule has 0 fully saturated rings. The molecular formula is C25H23FN2O2. The lowest BCUT2D eigenvalue weighted by molar-refractivity contribution is 0.0955. The normalized spacial score (nSPS) is 10.9. The van der Waals surface area contributed by atoms with Gasteiger partial charge in [0.05, 0.1) is 12.7 Å². The molecule has 4 aromatic rings. The first kappa shape index (κ1) is 19.7. The van der Waals surface area contributed by atoms with Gasteiger partial charge >= 0.3 is 0 Å². The molecule has 0 unspecified atom stereocenters. The molecule has 1 heterocycles. The maximum absolute atomic E-state index is 13.6. The molecule has 4 rings (SSSR count). The zero-order chi connectivity index (χ0) is 20.9. The van der Waals surface area contributed by atoms with Gasteiger partial charge < -0.3 is 14.6 Å². The predicted octanol–water partition coefficient (Wildman–Crippen LogP) is 4.81. The molecule has 152 valence electrons. The highest BCUT2D eigenvalue weighted by molar-refractivity contribution is 6.07. The number of ether oxygens (including phenoxy) is 1. The number of methoxy groups -OCH3 is 1. The molecule has 0 saturated heterocycles. The number of carbonyl (C=O) groups excluding carboxylic acids is 1. The Morgan fingerprint density at radius 3 is 2.67 bits per heavy atom. The fourth-order valence-electron chi connectivity index (χ4n) is 3.71. The fraction of sp³-hybridized carbons (Fsp3) is 0.160. The lowest BCUT2D eigenvalue weighted by Gasteiger charge is -2.09. The van der Waals surface area contributed by atoms with Crippen LogP contribution in [-0.2, 0) is 13.0 Å². The number of para-hydroxylation sites is 2. The number of nitrogens with one attached hydrogen (secondary N) is 1. The molecule has 4 nitrogen and oxygen atoms in total. The average Bonchev–Trinajstić information content (AvgIpc) is 3.13. The van der Waals surface area contributed by atoms with E-state index in [9.17, 15) is 9.18 Å². The first-order valence-corrected chi connectivity index (χ1v) is 9.88. The topological polar surface area (TPSA) is 43.3 Å². The summed E-state index contributed by atoms with van der Waals surface area (Å²) in [5, 5.41) is 3.89. The summed E-state index contributed by atoms with van der Waals surface area (Å²) in [6.45, 7) is 0.995. The van der Waals surface area contributed by atoms with Gasteiger partial charge in [0, 0.05) is 30.2 Å². The second-order valence-corrected chi connectivity index (χ2v) is 7.14. The van der Waals surface area contributed by atoms with Crippen LogP contribution in [0.3, 0.4) is 0 Å². The Bertz CT molecular complexity index is 1180. The molecule has 0 bridgehead atoms. The number of hydrogen-bond acceptors (Lipinski definition) is 2. The van der Waals surface area contributed by atoms with Crippen LogP contribution in [0.15, 0.2) is 79.0 Å². The number of hydrogen-bond donors (Lipinski definition) is 1. The largest absolute Gasteiger partial charge is 0.496 e. The molecule has 5 heteroatoms. The van der Waals surface area contributed by atoms with Crippen molar-refractivity contribution in [2.24, 2.45) is 0 Å². The minimum Gasteiger partial charge on any atom is -0.496 e. The monoisotopic (exact) mass is 402 g/mol. The molecule has 1 amide bonds. The Hall–Kier alpha value is -3.60. The zero-order valence-electron chi connectivity index (χ0n) is 16.8. The van der Waals surface area contributed by atoms with Crippen LogP contribution in [0.4, 0.5) is 4.39 Å². The smallest absolute Gasteiger partial charge is 0.253 e. The van der Waals surface area contributed by atoms with Crippen LogP contribution in [0, 0.1) is 5.82 Å². The molecule has 0 atom stereocenters. The van der Waals surface area contributed by atoms with Crippen molar-refractivity contribution in [3.8, 4) is 5.75 Å². The molecule has 1 aromatic heterocycles. The number of carbonyl (C=O) groups is 1. The van der Waals surface area contributed by atoms with Gasteiger partial charge in [-0.15, -0.1) is 0 Å². The lowest BCUT2D eigenvalue weighted by Crippen LogP contribution is -2.25. The predicted molar refractivity (Wildman–Crippen MR) is 116 cm³/mol. The Kier molecular flexibility index (Phi) is 5.80. The Morgan fingerprint density at radius 2 is 1.83 bits per heavy atom. The number of aromatic nitrogens is 1. The summed E-state index contributed by atoms with van der Waals surface area (Å²) >= 11 is 0. The Labute approximate surface area is 174 Å². The quantitative estimate of drug-likeness (QED) is 0.482. The number of fused-ring (bicyclic) bond motifs is 1. The second kappa shape index (κ2) is 8.82. The van der Waals surface area contributed by atoms with Crippen LogP contribution >= 0.6 is 0 Å². The molecule has 0 aliphatic rings. The van der Waals surface area contributed by atoms with Gasteiger partial charge in [-0.25, -0.2) is 4.39 Å². The van der Waals surface area contributed by atoms with Gasteiger partial charge in [-0.05, 0) is 41.8 Å². The first-order chi connectivity index (χ1) is 14.7. The Balaban J connectivity index is 1.52. The summed E-state index contributed by atoms with van der Waals surface area (Å²) in [6, 6.07) is 22.1. The van der Waals surface area contributed by atoms with Gasteiger partial charge in [-0.1, -0.05) is 48.5 Å². The zero-order valence-corrected chi connectivity index (χ0v) is 16.8. The van der Waals surface area contributed by atoms with Gasteiger partial charge in [-0.3, -0.25) is 4.79 Å². The van der Waals surface area contributed by atoms with Crippen molar-refractivity contribution in [1.82, 2.24) is 9.88 Å². The highest BCUT2D eigenvalue weighted by Gasteiger charge is 2.15. The van der Waals surface area contributed by atoms with Crippen molar-refractivity contribution in [3.63, 3.8) is 0 Å². The molecule has 3 aromatic carbocycles. The van der Waals surface area contributed by atoms with E-state index in [1.807, 2.05) is 65.4 Å². The van der Waals surface area contributed by atoms with Crippen molar-refractivity contribution in [1.29, 1.82) is 0 Å². The molecule has 1 N–H and O–H groups in total. The van der Waals surface area contributed by atoms with Crippen LogP contribution in [0.5, 0.6) is 5.75 Å². The maximum atomic E-state index is 13.6. The highest BCUT2D eigenvalue weighted by atomic mass is 19.1. The van der Waals surface area contributed by atoms with Crippen LogP contribution in [-0.4, -0.2) is 24.1 Å². The van der Waals surface area contributed by atoms with Crippen molar-refractivity contribution >= 4 is 16.8 Å². The number of benzene rings is 3. The molecule has 0 radical (unpaired) electrons. The van der Waals surface area contributed by atoms with E-state index in [4.69, 9.17) is 4.74 Å². The molecule has 0 spiro atoms. The van der Waals surface area contributed by atoms with E-state index in [0.29, 0.717) is 25.1 Å². The van der Waals surface area contributed by atoms with Crippen LogP contribution in [0.25, 0.3) is 10.9 Å². The summed E-state index contributed by atoms with van der Waals surface area (Å²) in [5.74, 6) is 0.427. The minimum absolute atomic E-state index is 0.126. The fourth-order valence-corrected chi connectivity index (χ4v) is 3.71. The molecule has 0 aliphatic carbocycles. The van der Waals surface area contributed by atoms with Gasteiger partial charge in [0.25, 0.3) is 5.91 Å². The number of amides is 1. The van der Waals surface area contributed by atoms with Crippen molar-refractivity contribution in [2.75, 3.05) is 13.7 Å². The van der Waals surface area contributed by atoms with Crippen molar-refractivity contribution in [3.05, 3.63) is 102 Å². The van der Waals surface area contributed by atoms with E-state index < -0.39 is 0 Å². The summed E-state index contributed by atoms with van der Waals surface area (Å²) in [5.41, 5.74) is 3.45. The summed E-state index contributed by atoms with van der Waals surface area (Å²) in [4.78, 5) is 12.9. The van der Waals surface area contributed by atoms with E-state index in [1.54, 1.807) is 13.2 Å². The van der Waals surface area contributed by atoms with Crippen LogP contribution in [0.1, 0.15) is 21.5 Å². The third-order valence-corrected chi connectivity index (χ3v) is 5.15. The lowest BCUT2D eigenvalue weighted by atomic mass is 10.1. The van der Waals surface area contributed by atoms with E-state index in [2.05, 4.69) is 5.32 Å². The third kappa shape index (κ3) is 4.20. The molecule has 0 saturated carbocycles. The SMILES string of the molecule is COc1ccccc1CCNC(=O)c1cn(Cc2cccc(F)c2)c2ccccc12. The van der Waals surface area contributed by atoms with Gasteiger partial charge in [0.2, 0.25) is 0 Å². The highest BCUT2D eigenvalue weighted by Crippen LogP contribution is 2.23. The number of nitrogens with zero attached hydrogens (tertiary/aromatic N) is 1. The van der Waals surface area contributed by atoms with Crippen molar-refractivity contribution < 1.29 is 13.9 Å². The third-order valence-electron chi connectivity index (χ3n) is 5.15. The first-order valence-electron chi connectivity index (χ1n) is 9.88. The number of rotatable bonds is 7. The second-order valence-electron chi connectivity index (χ2n) is 7.14. The van der Waals surface area contributed by atoms with Crippen LogP contribution in [0.2, 0.25) is 0 Å². The van der Waals surface area contributed by atoms with Crippen molar-refractivity contribution in [2.45, 2.75) is 13.0 Å². The Morgan fingerprint density at radius 1 is 1.03 bits per heavy atom. The van der Waals surface area contributed by atoms with E-state index in [-0.39, 0.29) is 11.7 Å². The maximum Gasteiger partial charge on any atom is 0.253 e. The van der Waals surface area contributed by atoms with E-state index >= 15 is 0 Å². The van der Waals surface area contributed by atoms with Gasteiger partial charge in [-0.2, -0.15) is 0 Å². The standard InChI is InChI=1S/C25H23FN2O2/c1-30-24-12-5-2-8-19(24)13-14-27-25(29)22-17-28(23-11-4-3-10-21(22)23)16-18-7-6-9-20(26)15-18/h2-12,15,17H,13-14,16H2,1H3,(H,27,29). The molecule has 0 aliphatic heterocycles. The van der Waals surface area contributed by atoms with Crippen LogP contribution < -0.4 is 10.1 Å². The van der Waals surface area contributed by atoms with Gasteiger partial charge in [0.15, 0.2) is 0 Å². The summed E-state index contributed by atoms with van der Waals surface area (Å²) in [6.07, 6.45) is 2.52. The molecular weight excluding hydrogens is 379 g/mol. The van der Waals surface area contributed by atoms with Gasteiger partial charge in [0.1, 0.15) is 11.6 Å². The summed E-state index contributed by atoms with van der Waals surface area (Å²) in [7, 11) is 1.64.